The van der Waals surface area contributed by atoms with Crippen molar-refractivity contribution < 1.29 is 28.5 Å². The Morgan fingerprint density at radius 3 is 2.81 bits per heavy atom. The first-order valence-electron chi connectivity index (χ1n) is 11.2. The molecule has 0 N–H and O–H groups in total. The van der Waals surface area contributed by atoms with E-state index >= 15 is 0 Å². The zero-order valence-electron chi connectivity index (χ0n) is 19.4. The van der Waals surface area contributed by atoms with E-state index in [1.807, 2.05) is 30.3 Å². The molecule has 0 unspecified atom stereocenters. The van der Waals surface area contributed by atoms with Crippen LogP contribution < -0.4 is 14.2 Å². The smallest absolute Gasteiger partial charge is 0.355 e. The predicted molar refractivity (Wildman–Crippen MR) is 137 cm³/mol. The Morgan fingerprint density at radius 1 is 1.22 bits per heavy atom. The fraction of sp³-hybridized carbons (Fsp3) is 0.269. The van der Waals surface area contributed by atoms with Gasteiger partial charge >= 0.3 is 5.97 Å². The van der Waals surface area contributed by atoms with Crippen molar-refractivity contribution in [2.75, 3.05) is 25.5 Å². The summed E-state index contributed by atoms with van der Waals surface area (Å²) in [5.74, 6) is 2.06. The number of halogens is 1. The van der Waals surface area contributed by atoms with E-state index in [1.165, 1.54) is 4.90 Å². The van der Waals surface area contributed by atoms with Crippen molar-refractivity contribution in [2.45, 2.75) is 18.0 Å². The molecule has 0 aliphatic carbocycles. The highest BCUT2D eigenvalue weighted by Crippen LogP contribution is 2.42. The molecule has 3 heterocycles. The van der Waals surface area contributed by atoms with E-state index in [1.54, 1.807) is 49.4 Å². The number of amides is 1. The molecule has 2 atom stereocenters. The van der Waals surface area contributed by atoms with E-state index in [-0.39, 0.29) is 30.4 Å². The van der Waals surface area contributed by atoms with Crippen molar-refractivity contribution in [1.82, 2.24) is 4.90 Å². The van der Waals surface area contributed by atoms with Gasteiger partial charge in [-0.25, -0.2) is 4.79 Å². The standard InChI is InChI=1S/C26H23ClN2O6S/c1-32-19-7-4-16(5-8-19)13-33-26(31)23-18(3-2-10-27)14-36-25-22(24(30)29(23)25)28-12-17-6-9-20-21(11-17)35-15-34-20/h2-9,11-12,22,25H,10,13-15H2,1H3/b3-2-,28-12?/t22-,25-/m1/s1. The number of fused-ring (bicyclic) bond motifs is 2. The average Bonchev–Trinajstić information content (AvgIpc) is 3.38. The van der Waals surface area contributed by atoms with Gasteiger partial charge < -0.3 is 18.9 Å². The lowest BCUT2D eigenvalue weighted by Crippen LogP contribution is -2.64. The maximum absolute atomic E-state index is 13.2. The summed E-state index contributed by atoms with van der Waals surface area (Å²) in [5.41, 5.74) is 2.55. The lowest BCUT2D eigenvalue weighted by atomic mass is 10.0. The van der Waals surface area contributed by atoms with Crippen LogP contribution in [0, 0.1) is 0 Å². The minimum absolute atomic E-state index is 0.0738. The molecule has 1 amide bonds. The third-order valence-corrected chi connectivity index (χ3v) is 7.35. The van der Waals surface area contributed by atoms with Crippen LogP contribution >= 0.6 is 23.4 Å². The highest BCUT2D eigenvalue weighted by Gasteiger charge is 2.53. The number of esters is 1. The van der Waals surface area contributed by atoms with E-state index < -0.39 is 12.0 Å². The van der Waals surface area contributed by atoms with E-state index in [9.17, 15) is 9.59 Å². The molecule has 2 aromatic rings. The van der Waals surface area contributed by atoms with Gasteiger partial charge in [-0.05, 0) is 47.0 Å². The van der Waals surface area contributed by atoms with Crippen molar-refractivity contribution in [1.29, 1.82) is 0 Å². The van der Waals surface area contributed by atoms with Gasteiger partial charge in [-0.1, -0.05) is 24.3 Å². The molecule has 1 fully saturated rings. The third kappa shape index (κ3) is 4.81. The summed E-state index contributed by atoms with van der Waals surface area (Å²) < 4.78 is 21.5. The minimum Gasteiger partial charge on any atom is -0.497 e. The van der Waals surface area contributed by atoms with E-state index in [4.69, 9.17) is 30.5 Å². The number of nitrogens with zero attached hydrogens (tertiary/aromatic N) is 2. The summed E-state index contributed by atoms with van der Waals surface area (Å²) in [6.07, 6.45) is 5.17. The Balaban J connectivity index is 1.31. The third-order valence-electron chi connectivity index (χ3n) is 5.88. The number of methoxy groups -OCH3 is 1. The number of carbonyl (C=O) groups is 2. The Kier molecular flexibility index (Phi) is 7.20. The van der Waals surface area contributed by atoms with Crippen molar-refractivity contribution in [2.24, 2.45) is 4.99 Å². The van der Waals surface area contributed by atoms with Crippen LogP contribution in [0.5, 0.6) is 17.2 Å². The number of rotatable bonds is 8. The maximum atomic E-state index is 13.2. The summed E-state index contributed by atoms with van der Waals surface area (Å²) in [7, 11) is 1.59. The Morgan fingerprint density at radius 2 is 2.03 bits per heavy atom. The first-order chi connectivity index (χ1) is 17.6. The highest BCUT2D eigenvalue weighted by molar-refractivity contribution is 8.00. The normalized spacial score (nSPS) is 20.6. The molecule has 5 rings (SSSR count). The molecule has 10 heteroatoms. The molecule has 0 bridgehead atoms. The van der Waals surface area contributed by atoms with Crippen LogP contribution in [0.4, 0.5) is 0 Å². The van der Waals surface area contributed by atoms with E-state index in [0.717, 1.165) is 11.1 Å². The number of allylic oxidation sites excluding steroid dienone is 2. The summed E-state index contributed by atoms with van der Waals surface area (Å²) in [6.45, 7) is 0.263. The van der Waals surface area contributed by atoms with Crippen molar-refractivity contribution in [3.8, 4) is 17.2 Å². The zero-order chi connectivity index (χ0) is 25.1. The summed E-state index contributed by atoms with van der Waals surface area (Å²) in [5, 5.41) is -0.292. The van der Waals surface area contributed by atoms with Crippen molar-refractivity contribution in [3.05, 3.63) is 77.0 Å². The molecular formula is C26H23ClN2O6S. The predicted octanol–water partition coefficient (Wildman–Crippen LogP) is 3.92. The van der Waals surface area contributed by atoms with Crippen LogP contribution in [0.25, 0.3) is 0 Å². The number of aliphatic imine (C=N–C) groups is 1. The van der Waals surface area contributed by atoms with Gasteiger partial charge in [-0.2, -0.15) is 0 Å². The Labute approximate surface area is 217 Å². The van der Waals surface area contributed by atoms with Crippen LogP contribution in [0.15, 0.2) is 70.9 Å². The molecule has 0 aromatic heterocycles. The number of ether oxygens (including phenoxy) is 4. The average molecular weight is 527 g/mol. The van der Waals surface area contributed by atoms with Crippen molar-refractivity contribution in [3.63, 3.8) is 0 Å². The minimum atomic E-state index is -0.594. The van der Waals surface area contributed by atoms with E-state index in [2.05, 4.69) is 4.99 Å². The molecule has 0 saturated carbocycles. The summed E-state index contributed by atoms with van der Waals surface area (Å²) in [4.78, 5) is 32.3. The topological polar surface area (TPSA) is 86.7 Å². The lowest BCUT2D eigenvalue weighted by molar-refractivity contribution is -0.151. The van der Waals surface area contributed by atoms with Crippen LogP contribution in [-0.2, 0) is 20.9 Å². The van der Waals surface area contributed by atoms with Gasteiger partial charge in [-0.3, -0.25) is 14.7 Å². The highest BCUT2D eigenvalue weighted by atomic mass is 35.5. The quantitative estimate of drug-likeness (QED) is 0.223. The fourth-order valence-electron chi connectivity index (χ4n) is 4.03. The van der Waals surface area contributed by atoms with Crippen LogP contribution in [0.3, 0.4) is 0 Å². The Hall–Kier alpha value is -3.43. The second-order valence-electron chi connectivity index (χ2n) is 8.10. The molecule has 0 spiro atoms. The molecule has 3 aliphatic heterocycles. The molecule has 36 heavy (non-hydrogen) atoms. The van der Waals surface area contributed by atoms with Crippen molar-refractivity contribution >= 4 is 41.5 Å². The number of hydrogen-bond donors (Lipinski definition) is 0. The molecular weight excluding hydrogens is 504 g/mol. The number of β-lactam (4-membered cyclic amide) rings is 1. The van der Waals surface area contributed by atoms with Crippen LogP contribution in [-0.4, -0.2) is 59.9 Å². The molecule has 3 aliphatic rings. The van der Waals surface area contributed by atoms with Gasteiger partial charge in [0.15, 0.2) is 17.5 Å². The molecule has 1 saturated heterocycles. The number of carbonyl (C=O) groups excluding carboxylic acids is 2. The van der Waals surface area contributed by atoms with Crippen LogP contribution in [0.1, 0.15) is 11.1 Å². The van der Waals surface area contributed by atoms with Gasteiger partial charge in [0.1, 0.15) is 23.4 Å². The largest absolute Gasteiger partial charge is 0.497 e. The van der Waals surface area contributed by atoms with Crippen LogP contribution in [0.2, 0.25) is 0 Å². The zero-order valence-corrected chi connectivity index (χ0v) is 21.0. The molecule has 0 radical (unpaired) electrons. The van der Waals surface area contributed by atoms with Gasteiger partial charge in [0.05, 0.1) is 7.11 Å². The first kappa shape index (κ1) is 24.3. The monoisotopic (exact) mass is 526 g/mol. The molecule has 8 nitrogen and oxygen atoms in total. The van der Waals surface area contributed by atoms with Gasteiger partial charge in [0.25, 0.3) is 5.91 Å². The van der Waals surface area contributed by atoms with Gasteiger partial charge in [0, 0.05) is 17.8 Å². The number of hydrogen-bond acceptors (Lipinski definition) is 8. The van der Waals surface area contributed by atoms with Gasteiger partial charge in [0.2, 0.25) is 6.79 Å². The SMILES string of the molecule is COc1ccc(COC(=O)C2=C(/C=C\CCl)CS[C@@H]3[C@H](N=Cc4ccc5c(c4)OCO5)C(=O)N23)cc1. The Bertz CT molecular complexity index is 1260. The second kappa shape index (κ2) is 10.7. The van der Waals surface area contributed by atoms with Gasteiger partial charge in [-0.15, -0.1) is 23.4 Å². The number of benzene rings is 2. The molecule has 2 aromatic carbocycles. The second-order valence-corrected chi connectivity index (χ2v) is 9.51. The summed E-state index contributed by atoms with van der Waals surface area (Å²) in [6, 6.07) is 12.1. The maximum Gasteiger partial charge on any atom is 0.355 e. The first-order valence-corrected chi connectivity index (χ1v) is 12.8. The lowest BCUT2D eigenvalue weighted by Gasteiger charge is -2.47. The number of thioether (sulfide) groups is 1. The fourth-order valence-corrected chi connectivity index (χ4v) is 5.43. The number of alkyl halides is 1. The summed E-state index contributed by atoms with van der Waals surface area (Å²) >= 11 is 7.37. The van der Waals surface area contributed by atoms with E-state index in [0.29, 0.717) is 34.5 Å². The molecule has 186 valence electrons.